The molecule has 1 N–H and O–H groups in total. The molecule has 1 aliphatic rings. The highest BCUT2D eigenvalue weighted by Gasteiger charge is 2.37. The van der Waals surface area contributed by atoms with Crippen LogP contribution in [0.5, 0.6) is 5.75 Å². The number of pyridine rings is 1. The van der Waals surface area contributed by atoms with Crippen LogP contribution in [0.25, 0.3) is 22.0 Å². The van der Waals surface area contributed by atoms with E-state index >= 15 is 0 Å². The Balaban J connectivity index is 1.96. The lowest BCUT2D eigenvalue weighted by atomic mass is 9.62. The van der Waals surface area contributed by atoms with Crippen LogP contribution >= 0.6 is 0 Å². The molecule has 0 atom stereocenters. The maximum atomic E-state index is 12.5. The first-order valence-electron chi connectivity index (χ1n) is 11.6. The average molecular weight is 448 g/mol. The molecule has 1 aliphatic carbocycles. The fourth-order valence-corrected chi connectivity index (χ4v) is 4.99. The molecule has 2 aromatic carbocycles. The summed E-state index contributed by atoms with van der Waals surface area (Å²) < 4.78 is 10.8. The van der Waals surface area contributed by atoms with Gasteiger partial charge in [0.15, 0.2) is 0 Å². The van der Waals surface area contributed by atoms with Crippen LogP contribution < -0.4 is 10.3 Å². The van der Waals surface area contributed by atoms with Gasteiger partial charge in [-0.05, 0) is 83.4 Å². The molecule has 0 saturated heterocycles. The fraction of sp³-hybridized carbons (Fsp3) is 0.429. The monoisotopic (exact) mass is 447 g/mol. The first kappa shape index (κ1) is 23.1. The molecule has 3 aromatic rings. The van der Waals surface area contributed by atoms with Crippen molar-refractivity contribution in [3.8, 4) is 16.9 Å². The number of hydrogen-bond acceptors (Lipinski definition) is 4. The van der Waals surface area contributed by atoms with Crippen molar-refractivity contribution >= 4 is 16.9 Å². The Bertz CT molecular complexity index is 1310. The molecule has 5 nitrogen and oxygen atoms in total. The third kappa shape index (κ3) is 3.94. The van der Waals surface area contributed by atoms with Gasteiger partial charge in [-0.3, -0.25) is 4.79 Å². The quantitative estimate of drug-likeness (QED) is 0.495. The maximum Gasteiger partial charge on any atom is 0.343 e. The minimum absolute atomic E-state index is 0.00510. The molecule has 5 heteroatoms. The number of hydrogen-bond donors (Lipinski definition) is 1. The lowest BCUT2D eigenvalue weighted by Crippen LogP contribution is -2.34. The van der Waals surface area contributed by atoms with Crippen molar-refractivity contribution in [1.82, 2.24) is 4.98 Å². The number of methoxy groups -OCH3 is 1. The molecule has 4 rings (SSSR count). The van der Waals surface area contributed by atoms with Gasteiger partial charge in [0.1, 0.15) is 11.3 Å². The number of carbonyl (C=O) groups is 1. The van der Waals surface area contributed by atoms with Crippen LogP contribution in [0.3, 0.4) is 0 Å². The molecule has 0 radical (unpaired) electrons. The minimum Gasteiger partial charge on any atom is -0.496 e. The van der Waals surface area contributed by atoms with Crippen LogP contribution in [0.15, 0.2) is 35.1 Å². The highest BCUT2D eigenvalue weighted by molar-refractivity contribution is 5.96. The normalized spacial score (nSPS) is 16.3. The van der Waals surface area contributed by atoms with Crippen LogP contribution in [-0.4, -0.2) is 24.7 Å². The second-order valence-corrected chi connectivity index (χ2v) is 10.4. The number of aryl methyl sites for hydroxylation is 1. The smallest absolute Gasteiger partial charge is 0.343 e. The number of esters is 1. The summed E-state index contributed by atoms with van der Waals surface area (Å²) in [6.07, 6.45) is 2.30. The van der Waals surface area contributed by atoms with Crippen molar-refractivity contribution in [3.05, 3.63) is 62.9 Å². The molecule has 1 heterocycles. The molecule has 0 amide bonds. The average Bonchev–Trinajstić information content (AvgIpc) is 2.75. The molecule has 0 saturated carbocycles. The van der Waals surface area contributed by atoms with Gasteiger partial charge in [-0.25, -0.2) is 4.79 Å². The van der Waals surface area contributed by atoms with Crippen LogP contribution in [0, 0.1) is 6.92 Å². The van der Waals surface area contributed by atoms with Gasteiger partial charge >= 0.3 is 5.97 Å². The molecular formula is C28H33NO4. The zero-order valence-corrected chi connectivity index (χ0v) is 20.6. The summed E-state index contributed by atoms with van der Waals surface area (Å²) >= 11 is 0. The number of aromatic nitrogens is 1. The van der Waals surface area contributed by atoms with Gasteiger partial charge in [0.05, 0.1) is 19.2 Å². The van der Waals surface area contributed by atoms with Gasteiger partial charge in [-0.1, -0.05) is 33.8 Å². The molecule has 0 bridgehead atoms. The minimum atomic E-state index is -0.619. The second-order valence-electron chi connectivity index (χ2n) is 10.4. The Labute approximate surface area is 195 Å². The van der Waals surface area contributed by atoms with E-state index in [1.807, 2.05) is 12.1 Å². The van der Waals surface area contributed by atoms with Crippen molar-refractivity contribution in [2.24, 2.45) is 0 Å². The largest absolute Gasteiger partial charge is 0.496 e. The first-order valence-corrected chi connectivity index (χ1v) is 11.6. The predicted octanol–water partition coefficient (Wildman–Crippen LogP) is 6.04. The summed E-state index contributed by atoms with van der Waals surface area (Å²) in [5, 5.41) is 0.755. The van der Waals surface area contributed by atoms with Gasteiger partial charge < -0.3 is 14.5 Å². The third-order valence-electron chi connectivity index (χ3n) is 7.15. The molecule has 0 spiro atoms. The van der Waals surface area contributed by atoms with Crippen LogP contribution in [0.4, 0.5) is 0 Å². The number of ether oxygens (including phenoxy) is 2. The fourth-order valence-electron chi connectivity index (χ4n) is 4.99. The number of nitrogens with one attached hydrogen (secondary N) is 1. The van der Waals surface area contributed by atoms with Gasteiger partial charge in [0.2, 0.25) is 0 Å². The maximum absolute atomic E-state index is 12.5. The summed E-state index contributed by atoms with van der Waals surface area (Å²) in [6, 6.07) is 10.1. The SMILES string of the molecule is CCOC(=O)c1cc2cc(-c3cc4c(cc3C)C(C)(C)CCC4(C)C)c(OC)cc2[nH]c1=O. The van der Waals surface area contributed by atoms with Crippen molar-refractivity contribution < 1.29 is 14.3 Å². The van der Waals surface area contributed by atoms with Crippen LogP contribution in [0.1, 0.15) is 74.5 Å². The van der Waals surface area contributed by atoms with Gasteiger partial charge in [-0.15, -0.1) is 0 Å². The van der Waals surface area contributed by atoms with E-state index in [-0.39, 0.29) is 23.0 Å². The highest BCUT2D eigenvalue weighted by Crippen LogP contribution is 2.48. The van der Waals surface area contributed by atoms with E-state index in [1.165, 1.54) is 16.7 Å². The van der Waals surface area contributed by atoms with E-state index in [1.54, 1.807) is 20.1 Å². The number of benzene rings is 2. The summed E-state index contributed by atoms with van der Waals surface area (Å²) in [5.74, 6) is 0.0601. The molecule has 174 valence electrons. The molecule has 0 unspecified atom stereocenters. The Morgan fingerprint density at radius 3 is 2.21 bits per heavy atom. The van der Waals surface area contributed by atoms with Gasteiger partial charge in [-0.2, -0.15) is 0 Å². The van der Waals surface area contributed by atoms with E-state index in [2.05, 4.69) is 51.7 Å². The molecule has 33 heavy (non-hydrogen) atoms. The van der Waals surface area contributed by atoms with E-state index in [9.17, 15) is 9.59 Å². The first-order chi connectivity index (χ1) is 15.5. The Kier molecular flexibility index (Phi) is 5.63. The standard InChI is InChI=1S/C28H33NO4/c1-8-33-26(31)20-13-17-12-19(24(32-7)15-23(17)29-25(20)30)18-14-22-21(11-16(18)2)27(3,4)9-10-28(22,5)6/h11-15H,8-10H2,1-7H3,(H,29,30). The second kappa shape index (κ2) is 8.05. The molecule has 0 aliphatic heterocycles. The van der Waals surface area contributed by atoms with E-state index in [4.69, 9.17) is 9.47 Å². The van der Waals surface area contributed by atoms with Crippen molar-refractivity contribution in [1.29, 1.82) is 0 Å². The van der Waals surface area contributed by atoms with E-state index in [0.29, 0.717) is 11.3 Å². The Morgan fingerprint density at radius 2 is 1.61 bits per heavy atom. The molecule has 0 fully saturated rings. The van der Waals surface area contributed by atoms with E-state index in [0.717, 1.165) is 29.4 Å². The summed E-state index contributed by atoms with van der Waals surface area (Å²) in [6.45, 7) is 13.3. The molecule has 1 aromatic heterocycles. The Hall–Kier alpha value is -3.08. The topological polar surface area (TPSA) is 68.4 Å². The Morgan fingerprint density at radius 1 is 0.970 bits per heavy atom. The molecular weight excluding hydrogens is 414 g/mol. The van der Waals surface area contributed by atoms with Crippen molar-refractivity contribution in [2.75, 3.05) is 13.7 Å². The van der Waals surface area contributed by atoms with Crippen molar-refractivity contribution in [2.45, 2.75) is 65.2 Å². The van der Waals surface area contributed by atoms with Gasteiger partial charge in [0, 0.05) is 11.6 Å². The summed E-state index contributed by atoms with van der Waals surface area (Å²) in [5.41, 5.74) is 6.36. The zero-order chi connectivity index (χ0) is 24.1. The lowest BCUT2D eigenvalue weighted by Gasteiger charge is -2.42. The predicted molar refractivity (Wildman–Crippen MR) is 133 cm³/mol. The number of fused-ring (bicyclic) bond motifs is 2. The lowest BCUT2D eigenvalue weighted by molar-refractivity contribution is 0.0524. The van der Waals surface area contributed by atoms with Crippen molar-refractivity contribution in [3.63, 3.8) is 0 Å². The zero-order valence-electron chi connectivity index (χ0n) is 20.6. The van der Waals surface area contributed by atoms with Crippen LogP contribution in [0.2, 0.25) is 0 Å². The number of carbonyl (C=O) groups excluding carboxylic acids is 1. The van der Waals surface area contributed by atoms with Gasteiger partial charge in [0.25, 0.3) is 5.56 Å². The van der Waals surface area contributed by atoms with E-state index < -0.39 is 11.5 Å². The van der Waals surface area contributed by atoms with Crippen LogP contribution in [-0.2, 0) is 15.6 Å². The summed E-state index contributed by atoms with van der Waals surface area (Å²) in [4.78, 5) is 27.5. The highest BCUT2D eigenvalue weighted by atomic mass is 16.5. The third-order valence-corrected chi connectivity index (χ3v) is 7.15. The number of aromatic amines is 1. The number of H-pyrrole nitrogens is 1. The number of rotatable bonds is 4. The summed E-state index contributed by atoms with van der Waals surface area (Å²) in [7, 11) is 1.64.